The number of hydrogen-bond acceptors (Lipinski definition) is 7. The molecule has 0 aliphatic rings. The van der Waals surface area contributed by atoms with Gasteiger partial charge in [-0.25, -0.2) is 14.8 Å². The molecular weight excluding hydrogens is 368 g/mol. The summed E-state index contributed by atoms with van der Waals surface area (Å²) in [5.41, 5.74) is 7.96. The number of hydrogen-bond donors (Lipinski definition) is 1. The van der Waals surface area contributed by atoms with Crippen LogP contribution in [0.4, 0.5) is 0 Å². The topological polar surface area (TPSA) is 99.7 Å². The normalized spacial score (nSPS) is 13.0. The Bertz CT molecular complexity index is 885. The minimum atomic E-state index is -0.492. The fourth-order valence-electron chi connectivity index (χ4n) is 2.49. The molecule has 0 radical (unpaired) electrons. The van der Waals surface area contributed by atoms with E-state index in [9.17, 15) is 4.79 Å². The van der Waals surface area contributed by atoms with Gasteiger partial charge in [-0.05, 0) is 64.8 Å². The van der Waals surface area contributed by atoms with E-state index in [1.807, 2.05) is 45.0 Å². The molecule has 29 heavy (non-hydrogen) atoms. The Morgan fingerprint density at radius 3 is 2.79 bits per heavy atom. The van der Waals surface area contributed by atoms with Crippen LogP contribution in [0.15, 0.2) is 46.7 Å². The first-order chi connectivity index (χ1) is 13.8. The SMILES string of the molecule is CCOC(=O)/C(C=NCCCc1ccc2cccnc2n1)=C(/N)COC(C)(C)C. The number of pyridine rings is 2. The number of nitrogens with two attached hydrogens (primary N) is 1. The summed E-state index contributed by atoms with van der Waals surface area (Å²) in [6, 6.07) is 7.90. The zero-order valence-electron chi connectivity index (χ0n) is 17.6. The van der Waals surface area contributed by atoms with Crippen LogP contribution in [-0.2, 0) is 20.7 Å². The molecule has 156 valence electrons. The molecule has 0 aliphatic heterocycles. The molecule has 7 heteroatoms. The molecule has 0 spiro atoms. The van der Waals surface area contributed by atoms with Crippen LogP contribution in [0.1, 0.15) is 39.8 Å². The number of aromatic nitrogens is 2. The van der Waals surface area contributed by atoms with E-state index in [0.717, 1.165) is 29.6 Å². The highest BCUT2D eigenvalue weighted by molar-refractivity contribution is 6.10. The monoisotopic (exact) mass is 398 g/mol. The van der Waals surface area contributed by atoms with Crippen LogP contribution in [-0.4, -0.2) is 47.5 Å². The van der Waals surface area contributed by atoms with Crippen molar-refractivity contribution >= 4 is 23.2 Å². The van der Waals surface area contributed by atoms with Gasteiger partial charge in [0.15, 0.2) is 5.65 Å². The second-order valence-electron chi connectivity index (χ2n) is 7.55. The molecule has 2 aromatic rings. The molecular formula is C22H30N4O3. The van der Waals surface area contributed by atoms with E-state index < -0.39 is 5.97 Å². The van der Waals surface area contributed by atoms with Gasteiger partial charge >= 0.3 is 5.97 Å². The van der Waals surface area contributed by atoms with E-state index in [-0.39, 0.29) is 24.4 Å². The summed E-state index contributed by atoms with van der Waals surface area (Å²) in [6.07, 6.45) is 4.77. The van der Waals surface area contributed by atoms with Gasteiger partial charge in [-0.1, -0.05) is 0 Å². The Morgan fingerprint density at radius 2 is 2.07 bits per heavy atom. The Hall–Kier alpha value is -2.80. The summed E-state index contributed by atoms with van der Waals surface area (Å²) in [7, 11) is 0. The molecule has 0 atom stereocenters. The van der Waals surface area contributed by atoms with Gasteiger partial charge in [-0.2, -0.15) is 0 Å². The van der Waals surface area contributed by atoms with E-state index in [1.165, 1.54) is 6.21 Å². The fourth-order valence-corrected chi connectivity index (χ4v) is 2.49. The quantitative estimate of drug-likeness (QED) is 0.301. The predicted molar refractivity (Wildman–Crippen MR) is 115 cm³/mol. The van der Waals surface area contributed by atoms with Gasteiger partial charge in [0.25, 0.3) is 0 Å². The van der Waals surface area contributed by atoms with Crippen molar-refractivity contribution in [3.63, 3.8) is 0 Å². The number of esters is 1. The molecule has 7 nitrogen and oxygen atoms in total. The molecule has 2 rings (SSSR count). The summed E-state index contributed by atoms with van der Waals surface area (Å²) < 4.78 is 10.7. The van der Waals surface area contributed by atoms with E-state index in [1.54, 1.807) is 13.1 Å². The highest BCUT2D eigenvalue weighted by Gasteiger charge is 2.16. The van der Waals surface area contributed by atoms with Gasteiger partial charge in [-0.3, -0.25) is 4.99 Å². The fraction of sp³-hybridized carbons (Fsp3) is 0.455. The summed E-state index contributed by atoms with van der Waals surface area (Å²) in [6.45, 7) is 8.47. The molecule has 0 saturated heterocycles. The van der Waals surface area contributed by atoms with Crippen LogP contribution in [0.3, 0.4) is 0 Å². The van der Waals surface area contributed by atoms with E-state index >= 15 is 0 Å². The Morgan fingerprint density at radius 1 is 1.28 bits per heavy atom. The van der Waals surface area contributed by atoms with E-state index in [4.69, 9.17) is 15.2 Å². The summed E-state index contributed by atoms with van der Waals surface area (Å²) >= 11 is 0. The van der Waals surface area contributed by atoms with Gasteiger partial charge in [0.05, 0.1) is 30.1 Å². The van der Waals surface area contributed by atoms with Gasteiger partial charge < -0.3 is 15.2 Å². The van der Waals surface area contributed by atoms with Crippen molar-refractivity contribution in [2.45, 2.75) is 46.1 Å². The number of fused-ring (bicyclic) bond motifs is 1. The number of carbonyl (C=O) groups excluding carboxylic acids is 1. The smallest absolute Gasteiger partial charge is 0.341 e. The number of ether oxygens (including phenoxy) is 2. The van der Waals surface area contributed by atoms with Crippen molar-refractivity contribution in [3.05, 3.63) is 47.4 Å². The van der Waals surface area contributed by atoms with Gasteiger partial charge in [0.1, 0.15) is 0 Å². The Balaban J connectivity index is 1.96. The third kappa shape index (κ3) is 7.62. The maximum Gasteiger partial charge on any atom is 0.341 e. The summed E-state index contributed by atoms with van der Waals surface area (Å²) in [5, 5.41) is 1.02. The van der Waals surface area contributed by atoms with Crippen molar-refractivity contribution in [1.29, 1.82) is 0 Å². The maximum atomic E-state index is 12.2. The van der Waals surface area contributed by atoms with E-state index in [2.05, 4.69) is 15.0 Å². The summed E-state index contributed by atoms with van der Waals surface area (Å²) in [4.78, 5) is 25.4. The van der Waals surface area contributed by atoms with Crippen LogP contribution in [0.5, 0.6) is 0 Å². The number of aliphatic imine (C=N–C) groups is 1. The van der Waals surface area contributed by atoms with Gasteiger partial charge in [-0.15, -0.1) is 0 Å². The first kappa shape index (κ1) is 22.5. The maximum absolute atomic E-state index is 12.2. The van der Waals surface area contributed by atoms with Crippen molar-refractivity contribution in [3.8, 4) is 0 Å². The lowest BCUT2D eigenvalue weighted by Gasteiger charge is -2.20. The third-order valence-electron chi connectivity index (χ3n) is 3.96. The molecule has 2 heterocycles. The Kier molecular flexibility index (Phi) is 8.27. The molecule has 0 amide bonds. The van der Waals surface area contributed by atoms with Crippen LogP contribution in [0.2, 0.25) is 0 Å². The van der Waals surface area contributed by atoms with Gasteiger partial charge in [0.2, 0.25) is 0 Å². The number of carbonyl (C=O) groups is 1. The third-order valence-corrected chi connectivity index (χ3v) is 3.96. The van der Waals surface area contributed by atoms with Crippen LogP contribution < -0.4 is 5.73 Å². The van der Waals surface area contributed by atoms with Crippen LogP contribution >= 0.6 is 0 Å². The predicted octanol–water partition coefficient (Wildman–Crippen LogP) is 3.22. The molecule has 0 bridgehead atoms. The van der Waals surface area contributed by atoms with Crippen LogP contribution in [0, 0.1) is 0 Å². The lowest BCUT2D eigenvalue weighted by atomic mass is 10.2. The average molecular weight is 399 g/mol. The lowest BCUT2D eigenvalue weighted by Crippen LogP contribution is -2.25. The number of rotatable bonds is 9. The number of nitrogens with zero attached hydrogens (tertiary/aromatic N) is 3. The zero-order valence-corrected chi connectivity index (χ0v) is 17.6. The van der Waals surface area contributed by atoms with E-state index in [0.29, 0.717) is 12.2 Å². The highest BCUT2D eigenvalue weighted by atomic mass is 16.5. The second kappa shape index (κ2) is 10.7. The highest BCUT2D eigenvalue weighted by Crippen LogP contribution is 2.11. The molecule has 0 unspecified atom stereocenters. The molecule has 0 saturated carbocycles. The lowest BCUT2D eigenvalue weighted by molar-refractivity contribution is -0.138. The van der Waals surface area contributed by atoms with Crippen molar-refractivity contribution in [2.75, 3.05) is 19.8 Å². The Labute approximate surface area is 172 Å². The largest absolute Gasteiger partial charge is 0.462 e. The standard InChI is InChI=1S/C22H30N4O3/c1-5-28-21(27)18(19(23)15-29-22(2,3)4)14-24-12-7-9-17-11-10-16-8-6-13-25-20(16)26-17/h6,8,10-11,13-14H,5,7,9,12,15,23H2,1-4H3/b19-18+,24-14?. The molecule has 0 aliphatic carbocycles. The average Bonchev–Trinajstić information content (AvgIpc) is 2.68. The molecule has 0 aromatic carbocycles. The minimum absolute atomic E-state index is 0.137. The minimum Gasteiger partial charge on any atom is -0.462 e. The molecule has 2 N–H and O–H groups in total. The van der Waals surface area contributed by atoms with Crippen LogP contribution in [0.25, 0.3) is 11.0 Å². The molecule has 2 aromatic heterocycles. The first-order valence-electron chi connectivity index (χ1n) is 9.80. The van der Waals surface area contributed by atoms with Gasteiger partial charge in [0, 0.05) is 30.0 Å². The second-order valence-corrected chi connectivity index (χ2v) is 7.55. The van der Waals surface area contributed by atoms with Crippen molar-refractivity contribution in [2.24, 2.45) is 10.7 Å². The zero-order chi connectivity index (χ0) is 21.3. The number of aryl methyl sites for hydroxylation is 1. The van der Waals surface area contributed by atoms with Crippen molar-refractivity contribution < 1.29 is 14.3 Å². The summed E-state index contributed by atoms with van der Waals surface area (Å²) in [5.74, 6) is -0.492. The van der Waals surface area contributed by atoms with Crippen molar-refractivity contribution in [1.82, 2.24) is 9.97 Å². The first-order valence-corrected chi connectivity index (χ1v) is 9.80. The molecule has 0 fully saturated rings.